The fourth-order valence-corrected chi connectivity index (χ4v) is 2.73. The van der Waals surface area contributed by atoms with Crippen LogP contribution in [0.5, 0.6) is 0 Å². The van der Waals surface area contributed by atoms with Crippen LogP contribution in [0.1, 0.15) is 16.8 Å². The number of benzene rings is 1. The van der Waals surface area contributed by atoms with Crippen LogP contribution in [0.25, 0.3) is 0 Å². The van der Waals surface area contributed by atoms with Crippen LogP contribution in [0.2, 0.25) is 0 Å². The molecule has 1 saturated heterocycles. The van der Waals surface area contributed by atoms with Crippen LogP contribution in [0.15, 0.2) is 47.4 Å². The molecule has 1 aromatic heterocycles. The Morgan fingerprint density at radius 1 is 1.32 bits per heavy atom. The summed E-state index contributed by atoms with van der Waals surface area (Å²) in [5.74, 6) is -0.186. The second-order valence-corrected chi connectivity index (χ2v) is 5.85. The van der Waals surface area contributed by atoms with Gasteiger partial charge in [-0.1, -0.05) is 18.2 Å². The lowest BCUT2D eigenvalue weighted by molar-refractivity contribution is -0.0260. The van der Waals surface area contributed by atoms with E-state index < -0.39 is 17.9 Å². The van der Waals surface area contributed by atoms with Crippen molar-refractivity contribution in [3.63, 3.8) is 0 Å². The van der Waals surface area contributed by atoms with E-state index in [-0.39, 0.29) is 31.0 Å². The summed E-state index contributed by atoms with van der Waals surface area (Å²) in [7, 11) is 0. The van der Waals surface area contributed by atoms with E-state index in [0.717, 1.165) is 0 Å². The molecule has 0 spiro atoms. The Balaban J connectivity index is 1.65. The Bertz CT molecular complexity index is 792. The molecule has 0 bridgehead atoms. The van der Waals surface area contributed by atoms with Gasteiger partial charge in [0.25, 0.3) is 5.91 Å². The smallest absolute Gasteiger partial charge is 0.349 e. The second-order valence-electron chi connectivity index (χ2n) is 5.85. The second kappa shape index (κ2) is 7.56. The largest absolute Gasteiger partial charge is 0.394 e. The lowest BCUT2D eigenvalue weighted by atomic mass is 10.1. The average Bonchev–Trinajstić information content (AvgIpc) is 2.97. The molecule has 8 heteroatoms. The summed E-state index contributed by atoms with van der Waals surface area (Å²) >= 11 is 0. The van der Waals surface area contributed by atoms with Crippen molar-refractivity contribution in [2.75, 3.05) is 11.9 Å². The molecule has 0 aliphatic carbocycles. The molecule has 2 heterocycles. The van der Waals surface area contributed by atoms with Crippen LogP contribution in [0, 0.1) is 0 Å². The minimum atomic E-state index is -0.747. The summed E-state index contributed by atoms with van der Waals surface area (Å²) in [4.78, 5) is 28.0. The van der Waals surface area contributed by atoms with Crippen molar-refractivity contribution >= 4 is 11.7 Å². The molecule has 1 amide bonds. The number of carbonyl (C=O) groups is 1. The molecule has 3 N–H and O–H groups in total. The van der Waals surface area contributed by atoms with Gasteiger partial charge in [-0.2, -0.15) is 4.98 Å². The number of anilines is 1. The van der Waals surface area contributed by atoms with Crippen molar-refractivity contribution in [2.24, 2.45) is 0 Å². The summed E-state index contributed by atoms with van der Waals surface area (Å²) < 4.78 is 6.82. The number of rotatable bonds is 5. The maximum Gasteiger partial charge on any atom is 0.349 e. The number of aliphatic hydroxyl groups is 2. The molecule has 0 radical (unpaired) electrons. The number of aliphatic hydroxyl groups excluding tert-OH is 2. The highest BCUT2D eigenvalue weighted by Crippen LogP contribution is 2.21. The van der Waals surface area contributed by atoms with E-state index >= 15 is 0 Å². The molecule has 3 atom stereocenters. The lowest BCUT2D eigenvalue weighted by Gasteiger charge is -2.13. The van der Waals surface area contributed by atoms with Crippen molar-refractivity contribution in [1.29, 1.82) is 0 Å². The van der Waals surface area contributed by atoms with Crippen LogP contribution in [0.3, 0.4) is 0 Å². The molecular weight excluding hydrogens is 326 g/mol. The van der Waals surface area contributed by atoms with Crippen LogP contribution in [-0.4, -0.2) is 50.6 Å². The summed E-state index contributed by atoms with van der Waals surface area (Å²) in [5, 5.41) is 21.4. The van der Waals surface area contributed by atoms with Crippen LogP contribution >= 0.6 is 0 Å². The highest BCUT2D eigenvalue weighted by molar-refractivity contribution is 6.03. The van der Waals surface area contributed by atoms with E-state index in [9.17, 15) is 14.7 Å². The maximum atomic E-state index is 12.1. The van der Waals surface area contributed by atoms with Crippen molar-refractivity contribution in [2.45, 2.75) is 31.3 Å². The summed E-state index contributed by atoms with van der Waals surface area (Å²) in [5.41, 5.74) is -0.0618. The predicted molar refractivity (Wildman–Crippen MR) is 89.3 cm³/mol. The maximum absolute atomic E-state index is 12.1. The third kappa shape index (κ3) is 4.11. The number of carbonyl (C=O) groups excluding carboxylic acids is 1. The number of nitrogens with one attached hydrogen (secondary N) is 1. The van der Waals surface area contributed by atoms with Gasteiger partial charge in [-0.3, -0.25) is 9.36 Å². The molecule has 1 aliphatic rings. The van der Waals surface area contributed by atoms with Gasteiger partial charge in [0, 0.05) is 18.2 Å². The Labute approximate surface area is 143 Å². The Morgan fingerprint density at radius 2 is 2.08 bits per heavy atom. The minimum Gasteiger partial charge on any atom is -0.394 e. The molecule has 8 nitrogen and oxygen atoms in total. The molecule has 132 valence electrons. The zero-order valence-electron chi connectivity index (χ0n) is 13.4. The summed E-state index contributed by atoms with van der Waals surface area (Å²) in [6.07, 6.45) is 0.0971. The highest BCUT2D eigenvalue weighted by atomic mass is 16.5. The lowest BCUT2D eigenvalue weighted by Crippen LogP contribution is -2.29. The average molecular weight is 345 g/mol. The number of ether oxygens (including phenoxy) is 1. The van der Waals surface area contributed by atoms with Crippen molar-refractivity contribution < 1.29 is 19.7 Å². The number of hydrogen-bond acceptors (Lipinski definition) is 6. The molecule has 1 aromatic carbocycles. The molecule has 1 aliphatic heterocycles. The quantitative estimate of drug-likeness (QED) is 0.703. The Morgan fingerprint density at radius 3 is 2.72 bits per heavy atom. The van der Waals surface area contributed by atoms with Gasteiger partial charge in [0.15, 0.2) is 0 Å². The molecule has 3 rings (SSSR count). The van der Waals surface area contributed by atoms with Gasteiger partial charge in [-0.15, -0.1) is 0 Å². The molecule has 25 heavy (non-hydrogen) atoms. The van der Waals surface area contributed by atoms with Crippen LogP contribution < -0.4 is 11.0 Å². The van der Waals surface area contributed by atoms with Gasteiger partial charge in [-0.25, -0.2) is 4.79 Å². The first kappa shape index (κ1) is 17.3. The van der Waals surface area contributed by atoms with E-state index in [1.54, 1.807) is 30.3 Å². The fourth-order valence-electron chi connectivity index (χ4n) is 2.73. The van der Waals surface area contributed by atoms with Gasteiger partial charge in [0.05, 0.1) is 25.4 Å². The number of hydrogen-bond donors (Lipinski definition) is 3. The monoisotopic (exact) mass is 345 g/mol. The first-order valence-electron chi connectivity index (χ1n) is 7.95. The topological polar surface area (TPSA) is 114 Å². The number of aromatic nitrogens is 2. The van der Waals surface area contributed by atoms with Crippen molar-refractivity contribution in [3.8, 4) is 0 Å². The molecule has 2 aromatic rings. The summed E-state index contributed by atoms with van der Waals surface area (Å²) in [6.45, 7) is -0.0540. The van der Waals surface area contributed by atoms with Gasteiger partial charge >= 0.3 is 5.69 Å². The molecular formula is C17H19N3O5. The van der Waals surface area contributed by atoms with Crippen LogP contribution in [0.4, 0.5) is 5.82 Å². The van der Waals surface area contributed by atoms with Crippen molar-refractivity contribution in [1.82, 2.24) is 9.55 Å². The minimum absolute atomic E-state index is 0.163. The molecule has 0 saturated carbocycles. The standard InChI is InChI=1S/C17H19N3O5/c21-10-14-13(22)8-12(25-14)9-20-7-6-15(19-17(20)24)18-16(23)11-4-2-1-3-5-11/h1-7,12-14,21-22H,8-10H2,(H,18,19,23,24)/t12?,13-,14+/m0/s1. The van der Waals surface area contributed by atoms with E-state index in [0.29, 0.717) is 12.0 Å². The zero-order chi connectivity index (χ0) is 17.8. The first-order chi connectivity index (χ1) is 12.1. The number of nitrogens with zero attached hydrogens (tertiary/aromatic N) is 2. The SMILES string of the molecule is O=C(Nc1ccn(CC2C[C@H](O)[C@@H](CO)O2)c(=O)n1)c1ccccc1. The fraction of sp³-hybridized carbons (Fsp3) is 0.353. The van der Waals surface area contributed by atoms with Gasteiger partial charge < -0.3 is 20.3 Å². The summed E-state index contributed by atoms with van der Waals surface area (Å²) in [6, 6.07) is 10.1. The first-order valence-corrected chi connectivity index (χ1v) is 7.95. The van der Waals surface area contributed by atoms with Gasteiger partial charge in [0.1, 0.15) is 11.9 Å². The Kier molecular flexibility index (Phi) is 5.22. The highest BCUT2D eigenvalue weighted by Gasteiger charge is 2.33. The van der Waals surface area contributed by atoms with E-state index in [4.69, 9.17) is 9.84 Å². The van der Waals surface area contributed by atoms with E-state index in [1.807, 2.05) is 0 Å². The van der Waals surface area contributed by atoms with E-state index in [1.165, 1.54) is 16.8 Å². The molecule has 1 unspecified atom stereocenters. The van der Waals surface area contributed by atoms with Crippen molar-refractivity contribution in [3.05, 3.63) is 58.6 Å². The predicted octanol–water partition coefficient (Wildman–Crippen LogP) is 0.00630. The van der Waals surface area contributed by atoms with Gasteiger partial charge in [0.2, 0.25) is 0 Å². The molecule has 1 fully saturated rings. The van der Waals surface area contributed by atoms with Gasteiger partial charge in [-0.05, 0) is 18.2 Å². The number of amides is 1. The Hall–Kier alpha value is -2.55. The van der Waals surface area contributed by atoms with E-state index in [2.05, 4.69) is 10.3 Å². The van der Waals surface area contributed by atoms with Crippen LogP contribution in [-0.2, 0) is 11.3 Å². The normalized spacial score (nSPS) is 22.7. The zero-order valence-corrected chi connectivity index (χ0v) is 13.4. The third-order valence-corrected chi connectivity index (χ3v) is 4.03. The third-order valence-electron chi connectivity index (χ3n) is 4.03.